The maximum absolute atomic E-state index is 12.9. The van der Waals surface area contributed by atoms with Crippen LogP contribution >= 0.6 is 11.8 Å². The molecule has 158 valence electrons. The molecule has 0 fully saturated rings. The third kappa shape index (κ3) is 4.93. The molecule has 0 saturated carbocycles. The molecule has 30 heavy (non-hydrogen) atoms. The molecule has 0 atom stereocenters. The van der Waals surface area contributed by atoms with Crippen molar-refractivity contribution in [1.29, 1.82) is 0 Å². The molecule has 0 unspecified atom stereocenters. The van der Waals surface area contributed by atoms with E-state index < -0.39 is 11.7 Å². The van der Waals surface area contributed by atoms with E-state index in [-0.39, 0.29) is 33.2 Å². The molecule has 0 saturated heterocycles. The summed E-state index contributed by atoms with van der Waals surface area (Å²) in [5, 5.41) is 7.21. The first-order chi connectivity index (χ1) is 14.0. The second-order valence-corrected chi connectivity index (χ2v) is 8.65. The van der Waals surface area contributed by atoms with Crippen LogP contribution in [0.5, 0.6) is 0 Å². The fourth-order valence-electron chi connectivity index (χ4n) is 2.70. The largest absolute Gasteiger partial charge is 0.306 e. The SMILES string of the molecule is Cc1cc(=O)[nH]c(-n2nc(C(C)(C)C)cc2NC(=O)c2ccccc2SC(F)F)n1. The summed E-state index contributed by atoms with van der Waals surface area (Å²) in [4.78, 5) is 31.8. The number of aryl methyl sites for hydroxylation is 1. The Labute approximate surface area is 175 Å². The number of halogens is 2. The van der Waals surface area contributed by atoms with Gasteiger partial charge in [0.15, 0.2) is 0 Å². The number of alkyl halides is 2. The molecular weight excluding hydrogens is 412 g/mol. The van der Waals surface area contributed by atoms with Gasteiger partial charge in [0.05, 0.1) is 11.3 Å². The molecule has 3 rings (SSSR count). The number of carbonyl (C=O) groups excluding carboxylic acids is 1. The third-order valence-corrected chi connectivity index (χ3v) is 4.91. The standard InChI is InChI=1S/C20H21F2N5O2S/c1-11-9-16(28)25-19(23-11)27-15(10-14(26-27)20(2,3)4)24-17(29)12-7-5-6-8-13(12)30-18(21)22/h5-10,18H,1-4H3,(H,24,29)(H,23,25,28). The zero-order valence-electron chi connectivity index (χ0n) is 16.9. The monoisotopic (exact) mass is 433 g/mol. The van der Waals surface area contributed by atoms with Gasteiger partial charge in [0, 0.05) is 28.1 Å². The summed E-state index contributed by atoms with van der Waals surface area (Å²) < 4.78 is 27.1. The molecule has 0 aliphatic heterocycles. The highest BCUT2D eigenvalue weighted by Crippen LogP contribution is 2.30. The van der Waals surface area contributed by atoms with E-state index in [9.17, 15) is 18.4 Å². The molecule has 0 aliphatic carbocycles. The second-order valence-electron chi connectivity index (χ2n) is 7.62. The lowest BCUT2D eigenvalue weighted by molar-refractivity contribution is 0.102. The highest BCUT2D eigenvalue weighted by atomic mass is 32.2. The molecule has 1 aromatic carbocycles. The number of H-pyrrole nitrogens is 1. The molecule has 10 heteroatoms. The second kappa shape index (κ2) is 8.39. The Bertz CT molecular complexity index is 1130. The predicted octanol–water partition coefficient (Wildman–Crippen LogP) is 4.13. The Morgan fingerprint density at radius 2 is 1.93 bits per heavy atom. The Kier molecular flexibility index (Phi) is 6.06. The zero-order valence-corrected chi connectivity index (χ0v) is 17.7. The van der Waals surface area contributed by atoms with Crippen molar-refractivity contribution in [3.63, 3.8) is 0 Å². The van der Waals surface area contributed by atoms with Crippen molar-refractivity contribution < 1.29 is 13.6 Å². The Morgan fingerprint density at radius 3 is 2.57 bits per heavy atom. The smallest absolute Gasteiger partial charge is 0.288 e. The fraction of sp³-hybridized carbons (Fsp3) is 0.300. The van der Waals surface area contributed by atoms with E-state index >= 15 is 0 Å². The van der Waals surface area contributed by atoms with Gasteiger partial charge in [-0.05, 0) is 19.1 Å². The van der Waals surface area contributed by atoms with E-state index in [2.05, 4.69) is 20.4 Å². The van der Waals surface area contributed by atoms with Crippen molar-refractivity contribution in [3.05, 3.63) is 63.7 Å². The number of aromatic nitrogens is 4. The highest BCUT2D eigenvalue weighted by Gasteiger charge is 2.23. The minimum absolute atomic E-state index is 0.110. The van der Waals surface area contributed by atoms with Gasteiger partial charge in [-0.25, -0.2) is 4.98 Å². The number of carbonyl (C=O) groups is 1. The Hall–Kier alpha value is -3.01. The maximum Gasteiger partial charge on any atom is 0.288 e. The van der Waals surface area contributed by atoms with Crippen molar-refractivity contribution >= 4 is 23.5 Å². The lowest BCUT2D eigenvalue weighted by Gasteiger charge is -2.13. The average molecular weight is 433 g/mol. The number of nitrogens with one attached hydrogen (secondary N) is 2. The van der Waals surface area contributed by atoms with Gasteiger partial charge in [-0.1, -0.05) is 44.7 Å². The number of rotatable bonds is 5. The van der Waals surface area contributed by atoms with Crippen LogP contribution < -0.4 is 10.9 Å². The van der Waals surface area contributed by atoms with Crippen LogP contribution in [0.15, 0.2) is 46.1 Å². The minimum atomic E-state index is -2.65. The quantitative estimate of drug-likeness (QED) is 0.591. The first-order valence-electron chi connectivity index (χ1n) is 9.08. The summed E-state index contributed by atoms with van der Waals surface area (Å²) in [6, 6.07) is 9.13. The van der Waals surface area contributed by atoms with Gasteiger partial charge in [0.2, 0.25) is 5.95 Å². The number of amides is 1. The number of thioether (sulfide) groups is 1. The number of nitrogens with zero attached hydrogens (tertiary/aromatic N) is 3. The maximum atomic E-state index is 12.9. The highest BCUT2D eigenvalue weighted by molar-refractivity contribution is 7.99. The molecule has 0 bridgehead atoms. The molecule has 3 aromatic rings. The predicted molar refractivity (Wildman–Crippen MR) is 112 cm³/mol. The molecule has 1 amide bonds. The lowest BCUT2D eigenvalue weighted by atomic mass is 9.92. The molecule has 0 radical (unpaired) electrons. The number of benzene rings is 1. The first-order valence-corrected chi connectivity index (χ1v) is 9.96. The zero-order chi connectivity index (χ0) is 22.1. The molecule has 0 spiro atoms. The van der Waals surface area contributed by atoms with Crippen LogP contribution in [-0.4, -0.2) is 31.4 Å². The Balaban J connectivity index is 2.05. The lowest BCUT2D eigenvalue weighted by Crippen LogP contribution is -2.19. The average Bonchev–Trinajstić information content (AvgIpc) is 3.05. The number of hydrogen-bond acceptors (Lipinski definition) is 5. The molecule has 2 aromatic heterocycles. The summed E-state index contributed by atoms with van der Waals surface area (Å²) >= 11 is 0.301. The topological polar surface area (TPSA) is 92.7 Å². The summed E-state index contributed by atoms with van der Waals surface area (Å²) in [6.45, 7) is 7.52. The number of anilines is 1. The van der Waals surface area contributed by atoms with Crippen LogP contribution in [0.4, 0.5) is 14.6 Å². The van der Waals surface area contributed by atoms with Gasteiger partial charge in [-0.15, -0.1) is 0 Å². The van der Waals surface area contributed by atoms with Gasteiger partial charge in [-0.3, -0.25) is 14.6 Å². The summed E-state index contributed by atoms with van der Waals surface area (Å²) in [5.74, 6) is -2.83. The van der Waals surface area contributed by atoms with Crippen LogP contribution in [-0.2, 0) is 5.41 Å². The van der Waals surface area contributed by atoms with Gasteiger partial charge >= 0.3 is 0 Å². The normalized spacial score (nSPS) is 11.7. The van der Waals surface area contributed by atoms with E-state index in [1.165, 1.54) is 22.9 Å². The van der Waals surface area contributed by atoms with E-state index in [1.807, 2.05) is 20.8 Å². The molecule has 2 heterocycles. The summed E-state index contributed by atoms with van der Waals surface area (Å²) in [7, 11) is 0. The van der Waals surface area contributed by atoms with Crippen molar-refractivity contribution in [1.82, 2.24) is 19.7 Å². The van der Waals surface area contributed by atoms with Gasteiger partial charge < -0.3 is 5.32 Å². The van der Waals surface area contributed by atoms with E-state index in [0.29, 0.717) is 23.1 Å². The van der Waals surface area contributed by atoms with Crippen molar-refractivity contribution in [2.75, 3.05) is 5.32 Å². The summed E-state index contributed by atoms with van der Waals surface area (Å²) in [6.07, 6.45) is 0. The third-order valence-electron chi connectivity index (χ3n) is 4.12. The number of hydrogen-bond donors (Lipinski definition) is 2. The van der Waals surface area contributed by atoms with Gasteiger partial charge in [0.1, 0.15) is 5.82 Å². The number of aromatic amines is 1. The van der Waals surface area contributed by atoms with Gasteiger partial charge in [-0.2, -0.15) is 18.6 Å². The van der Waals surface area contributed by atoms with Crippen LogP contribution in [0.2, 0.25) is 0 Å². The van der Waals surface area contributed by atoms with Gasteiger partial charge in [0.25, 0.3) is 17.2 Å². The molecule has 0 aliphatic rings. The van der Waals surface area contributed by atoms with E-state index in [1.54, 1.807) is 25.1 Å². The molecule has 7 nitrogen and oxygen atoms in total. The first kappa shape index (κ1) is 21.7. The van der Waals surface area contributed by atoms with Crippen LogP contribution in [0.3, 0.4) is 0 Å². The Morgan fingerprint density at radius 1 is 1.23 bits per heavy atom. The molecule has 2 N–H and O–H groups in total. The minimum Gasteiger partial charge on any atom is -0.306 e. The summed E-state index contributed by atoms with van der Waals surface area (Å²) in [5.41, 5.74) is 0.535. The van der Waals surface area contributed by atoms with E-state index in [4.69, 9.17) is 0 Å². The van der Waals surface area contributed by atoms with Crippen molar-refractivity contribution in [3.8, 4) is 5.95 Å². The van der Waals surface area contributed by atoms with E-state index in [0.717, 1.165) is 0 Å². The van der Waals surface area contributed by atoms with Crippen LogP contribution in [0.1, 0.15) is 42.5 Å². The van der Waals surface area contributed by atoms with Crippen LogP contribution in [0, 0.1) is 6.92 Å². The van der Waals surface area contributed by atoms with Crippen molar-refractivity contribution in [2.24, 2.45) is 0 Å². The fourth-order valence-corrected chi connectivity index (χ4v) is 3.34. The van der Waals surface area contributed by atoms with Crippen molar-refractivity contribution in [2.45, 2.75) is 43.8 Å². The van der Waals surface area contributed by atoms with Crippen LogP contribution in [0.25, 0.3) is 5.95 Å². The molecular formula is C20H21F2N5O2S.